The second-order valence-corrected chi connectivity index (χ2v) is 6.80. The molecule has 0 fully saturated rings. The molecule has 2 rings (SSSR count). The third-order valence-corrected chi connectivity index (χ3v) is 4.23. The zero-order valence-electron chi connectivity index (χ0n) is 9.60. The molecule has 2 aromatic carbocycles. The van der Waals surface area contributed by atoms with E-state index in [0.29, 0.717) is 0 Å². The van der Waals surface area contributed by atoms with Crippen molar-refractivity contribution < 1.29 is 31.0 Å². The highest BCUT2D eigenvalue weighted by molar-refractivity contribution is 7.86. The van der Waals surface area contributed by atoms with Gasteiger partial charge in [0.05, 0.1) is 15.5 Å². The molecule has 1 radical (unpaired) electrons. The maximum absolute atomic E-state index is 11.0. The summed E-state index contributed by atoms with van der Waals surface area (Å²) in [6.07, 6.45) is 0. The van der Waals surface area contributed by atoms with Gasteiger partial charge in [0.2, 0.25) is 0 Å². The summed E-state index contributed by atoms with van der Waals surface area (Å²) in [6, 6.07) is 3.32. The highest BCUT2D eigenvalue weighted by Gasteiger charge is 2.18. The average Bonchev–Trinajstić information content (AvgIpc) is 2.25. The van der Waals surface area contributed by atoms with Gasteiger partial charge >= 0.3 is 0 Å². The van der Waals surface area contributed by atoms with E-state index < -0.39 is 41.5 Å². The van der Waals surface area contributed by atoms with Crippen molar-refractivity contribution in [2.75, 3.05) is 0 Å². The predicted molar refractivity (Wildman–Crippen MR) is 68.0 cm³/mol. The van der Waals surface area contributed by atoms with Gasteiger partial charge in [-0.25, -0.2) is 0 Å². The normalized spacial score (nSPS) is 12.7. The van der Waals surface area contributed by atoms with Crippen LogP contribution in [0.5, 0.6) is 5.75 Å². The monoisotopic (exact) mass is 318 g/mol. The third-order valence-electron chi connectivity index (χ3n) is 2.57. The standard InChI is InChI=1S/C10H8NO7S2/c11-8-3-6(19(13,14)15)1-5-2-7(20(16,17)18)4-9(12)10(5)8/h1-4,11-12H,(H,13,14,15)(H,16,17,18). The molecule has 0 aliphatic heterocycles. The van der Waals surface area contributed by atoms with Crippen molar-refractivity contribution in [3.05, 3.63) is 24.3 Å². The second kappa shape index (κ2) is 4.31. The van der Waals surface area contributed by atoms with Gasteiger partial charge in [-0.15, -0.1) is 0 Å². The summed E-state index contributed by atoms with van der Waals surface area (Å²) in [5.74, 6) is -0.609. The van der Waals surface area contributed by atoms with Crippen LogP contribution in [-0.4, -0.2) is 31.0 Å². The molecule has 0 saturated carbocycles. The van der Waals surface area contributed by atoms with Gasteiger partial charge in [0, 0.05) is 11.5 Å². The molecular formula is C10H8NO7S2. The molecule has 0 aromatic heterocycles. The third kappa shape index (κ3) is 2.54. The second-order valence-electron chi connectivity index (χ2n) is 3.96. The summed E-state index contributed by atoms with van der Waals surface area (Å²) in [6.45, 7) is 0. The number of phenolic OH excluding ortho intramolecular Hbond substituents is 1. The minimum Gasteiger partial charge on any atom is -0.507 e. The Bertz CT molecular complexity index is 844. The highest BCUT2D eigenvalue weighted by Crippen LogP contribution is 2.35. The van der Waals surface area contributed by atoms with Crippen LogP contribution in [0.3, 0.4) is 0 Å². The van der Waals surface area contributed by atoms with Gasteiger partial charge in [0.15, 0.2) is 0 Å². The first-order valence-electron chi connectivity index (χ1n) is 4.97. The molecule has 0 saturated heterocycles. The molecule has 0 aliphatic rings. The molecule has 0 aliphatic carbocycles. The van der Waals surface area contributed by atoms with E-state index in [9.17, 15) is 21.9 Å². The Labute approximate surface area is 114 Å². The number of rotatable bonds is 2. The molecule has 0 spiro atoms. The van der Waals surface area contributed by atoms with E-state index in [4.69, 9.17) is 14.8 Å². The van der Waals surface area contributed by atoms with Crippen LogP contribution in [0.15, 0.2) is 34.1 Å². The molecule has 4 N–H and O–H groups in total. The SMILES string of the molecule is [NH]c1cc(S(=O)(=O)O)cc2cc(S(=O)(=O)O)cc(O)c12. The van der Waals surface area contributed by atoms with Crippen molar-refractivity contribution >= 4 is 36.7 Å². The lowest BCUT2D eigenvalue weighted by Gasteiger charge is -2.08. The maximum atomic E-state index is 11.0. The minimum atomic E-state index is -4.61. The van der Waals surface area contributed by atoms with Crippen molar-refractivity contribution in [2.45, 2.75) is 9.79 Å². The van der Waals surface area contributed by atoms with E-state index in [1.54, 1.807) is 0 Å². The fraction of sp³-hybridized carbons (Fsp3) is 0. The van der Waals surface area contributed by atoms with Crippen molar-refractivity contribution in [3.8, 4) is 5.75 Å². The fourth-order valence-corrected chi connectivity index (χ4v) is 2.82. The topological polar surface area (TPSA) is 153 Å². The molecule has 2 aromatic rings. The summed E-state index contributed by atoms with van der Waals surface area (Å²) < 4.78 is 62.0. The van der Waals surface area contributed by atoms with Gasteiger partial charge in [-0.1, -0.05) is 0 Å². The largest absolute Gasteiger partial charge is 0.507 e. The number of phenols is 1. The lowest BCUT2D eigenvalue weighted by Crippen LogP contribution is -2.00. The summed E-state index contributed by atoms with van der Waals surface area (Å²) in [5, 5.41) is 9.45. The van der Waals surface area contributed by atoms with Crippen molar-refractivity contribution in [3.63, 3.8) is 0 Å². The fourth-order valence-electron chi connectivity index (χ4n) is 1.74. The molecule has 107 valence electrons. The summed E-state index contributed by atoms with van der Waals surface area (Å²) in [4.78, 5) is -1.28. The van der Waals surface area contributed by atoms with Crippen LogP contribution < -0.4 is 5.73 Å². The Morgan fingerprint density at radius 1 is 0.850 bits per heavy atom. The van der Waals surface area contributed by atoms with E-state index in [2.05, 4.69) is 0 Å². The molecule has 0 amide bonds. The molecule has 0 heterocycles. The van der Waals surface area contributed by atoms with Crippen LogP contribution in [0, 0.1) is 0 Å². The number of hydrogen-bond donors (Lipinski definition) is 3. The summed E-state index contributed by atoms with van der Waals surface area (Å²) in [5.41, 5.74) is 7.18. The number of nitrogens with one attached hydrogen (secondary N) is 1. The van der Waals surface area contributed by atoms with E-state index in [1.807, 2.05) is 0 Å². The molecule has 0 atom stereocenters. The smallest absolute Gasteiger partial charge is 0.294 e. The van der Waals surface area contributed by atoms with Gasteiger partial charge in [-0.3, -0.25) is 9.11 Å². The number of hydrogen-bond acceptors (Lipinski definition) is 5. The molecular weight excluding hydrogens is 310 g/mol. The van der Waals surface area contributed by atoms with Crippen molar-refractivity contribution in [1.82, 2.24) is 5.73 Å². The molecule has 8 nitrogen and oxygen atoms in total. The Kier molecular flexibility index (Phi) is 3.13. The minimum absolute atomic E-state index is 0.107. The number of aromatic hydroxyl groups is 1. The van der Waals surface area contributed by atoms with E-state index >= 15 is 0 Å². The van der Waals surface area contributed by atoms with Crippen LogP contribution in [0.4, 0.5) is 5.69 Å². The Morgan fingerprint density at radius 2 is 1.30 bits per heavy atom. The zero-order valence-corrected chi connectivity index (χ0v) is 11.2. The lowest BCUT2D eigenvalue weighted by molar-refractivity contribution is 0.471. The highest BCUT2D eigenvalue weighted by atomic mass is 32.2. The Hall–Kier alpha value is -1.88. The first-order chi connectivity index (χ1) is 9.00. The van der Waals surface area contributed by atoms with Gasteiger partial charge in [0.1, 0.15) is 5.75 Å². The van der Waals surface area contributed by atoms with Gasteiger partial charge in [0.25, 0.3) is 20.2 Å². The van der Waals surface area contributed by atoms with Crippen LogP contribution in [-0.2, 0) is 20.2 Å². The number of benzene rings is 2. The van der Waals surface area contributed by atoms with Gasteiger partial charge in [-0.05, 0) is 23.6 Å². The first-order valence-corrected chi connectivity index (χ1v) is 7.85. The average molecular weight is 318 g/mol. The van der Waals surface area contributed by atoms with Crippen LogP contribution in [0.2, 0.25) is 0 Å². The van der Waals surface area contributed by atoms with E-state index in [1.165, 1.54) is 0 Å². The first kappa shape index (κ1) is 14.5. The predicted octanol–water partition coefficient (Wildman–Crippen LogP) is 0.953. The molecule has 20 heavy (non-hydrogen) atoms. The summed E-state index contributed by atoms with van der Waals surface area (Å²) >= 11 is 0. The maximum Gasteiger partial charge on any atom is 0.294 e. The van der Waals surface area contributed by atoms with Crippen LogP contribution in [0.25, 0.3) is 10.8 Å². The van der Waals surface area contributed by atoms with E-state index in [0.717, 1.165) is 24.3 Å². The Morgan fingerprint density at radius 3 is 1.75 bits per heavy atom. The van der Waals surface area contributed by atoms with Crippen molar-refractivity contribution in [1.29, 1.82) is 0 Å². The van der Waals surface area contributed by atoms with Crippen molar-refractivity contribution in [2.24, 2.45) is 0 Å². The van der Waals surface area contributed by atoms with Gasteiger partial charge < -0.3 is 10.8 Å². The van der Waals surface area contributed by atoms with Crippen LogP contribution in [0.1, 0.15) is 0 Å². The molecule has 10 heteroatoms. The van der Waals surface area contributed by atoms with Crippen LogP contribution >= 0.6 is 0 Å². The molecule has 0 bridgehead atoms. The van der Waals surface area contributed by atoms with E-state index in [-0.39, 0.29) is 10.8 Å². The summed E-state index contributed by atoms with van der Waals surface area (Å²) in [7, 11) is -9.20. The number of fused-ring (bicyclic) bond motifs is 1. The zero-order chi connectivity index (χ0) is 15.3. The quantitative estimate of drug-likeness (QED) is 0.697. The molecule has 0 unspecified atom stereocenters. The Balaban J connectivity index is 2.95. The lowest BCUT2D eigenvalue weighted by atomic mass is 10.1. The van der Waals surface area contributed by atoms with Gasteiger partial charge in [-0.2, -0.15) is 16.8 Å².